The van der Waals surface area contributed by atoms with E-state index in [4.69, 9.17) is 9.97 Å². The van der Waals surface area contributed by atoms with E-state index in [0.717, 1.165) is 49.0 Å². The van der Waals surface area contributed by atoms with Gasteiger partial charge < -0.3 is 20.6 Å². The van der Waals surface area contributed by atoms with Gasteiger partial charge in [-0.15, -0.1) is 0 Å². The van der Waals surface area contributed by atoms with Crippen molar-refractivity contribution in [2.24, 2.45) is 5.92 Å². The van der Waals surface area contributed by atoms with Gasteiger partial charge in [0.25, 0.3) is 0 Å². The molecule has 0 saturated carbocycles. The van der Waals surface area contributed by atoms with Gasteiger partial charge in [0.15, 0.2) is 0 Å². The summed E-state index contributed by atoms with van der Waals surface area (Å²) in [6, 6.07) is 10.3. The third kappa shape index (κ3) is 6.88. The monoisotopic (exact) mass is 462 g/mol. The third-order valence-electron chi connectivity index (χ3n) is 6.55. The van der Waals surface area contributed by atoms with Gasteiger partial charge in [-0.05, 0) is 64.1 Å². The van der Waals surface area contributed by atoms with Gasteiger partial charge in [-0.3, -0.25) is 5.32 Å². The number of aliphatic hydroxyl groups is 1. The molecule has 2 atom stereocenters. The number of anilines is 2. The number of hydrogen-bond donors (Lipinski definition) is 4. The van der Waals surface area contributed by atoms with Gasteiger partial charge in [0, 0.05) is 18.9 Å². The van der Waals surface area contributed by atoms with Crippen LogP contribution in [0.5, 0.6) is 0 Å². The summed E-state index contributed by atoms with van der Waals surface area (Å²) in [5.74, 6) is 2.40. The normalized spacial score (nSPS) is 21.3. The quantitative estimate of drug-likeness (QED) is 0.333. The van der Waals surface area contributed by atoms with Crippen molar-refractivity contribution < 1.29 is 5.11 Å². The summed E-state index contributed by atoms with van der Waals surface area (Å²) < 4.78 is 0. The number of nitrogens with one attached hydrogen (secondary N) is 3. The summed E-state index contributed by atoms with van der Waals surface area (Å²) in [4.78, 5) is 12.3. The Labute approximate surface area is 203 Å². The standard InChI is InChI=1S/C27H38N6O/c1-28-27(34)22-12-8-13-23-25(29-15-9-19-33-17-6-3-7-18-33)31-24(32-26(23)30-16-14-22)20-21-10-4-2-5-11-21/h2,4-5,8,10-11,13-14,16,22,27-28,34H,3,6-7,9,12,15,17-20H2,1H3,(H2,29,30,31,32)/b13-8+,16-14+. The van der Waals surface area contributed by atoms with E-state index >= 15 is 0 Å². The zero-order valence-electron chi connectivity index (χ0n) is 20.2. The first-order valence-corrected chi connectivity index (χ1v) is 12.6. The zero-order valence-corrected chi connectivity index (χ0v) is 20.2. The minimum Gasteiger partial charge on any atom is -0.378 e. The maximum atomic E-state index is 10.3. The highest BCUT2D eigenvalue weighted by Crippen LogP contribution is 2.26. The van der Waals surface area contributed by atoms with E-state index < -0.39 is 6.23 Å². The van der Waals surface area contributed by atoms with Crippen molar-refractivity contribution in [2.75, 3.05) is 43.9 Å². The van der Waals surface area contributed by atoms with Crippen molar-refractivity contribution in [3.8, 4) is 0 Å². The second-order valence-electron chi connectivity index (χ2n) is 9.13. The molecule has 2 aromatic rings. The van der Waals surface area contributed by atoms with Gasteiger partial charge >= 0.3 is 0 Å². The number of likely N-dealkylation sites (tertiary alicyclic amines) is 1. The first-order chi connectivity index (χ1) is 16.7. The van der Waals surface area contributed by atoms with Crippen LogP contribution in [-0.4, -0.2) is 59.4 Å². The molecular formula is C27H38N6O. The smallest absolute Gasteiger partial charge is 0.143 e. The summed E-state index contributed by atoms with van der Waals surface area (Å²) in [5.41, 5.74) is 2.14. The molecule has 7 nitrogen and oxygen atoms in total. The van der Waals surface area contributed by atoms with E-state index in [1.54, 1.807) is 7.05 Å². The molecule has 182 valence electrons. The average molecular weight is 463 g/mol. The SMILES string of the molecule is CNC(O)C1/C=C/Nc2nc(Cc3ccccc3)nc(NCCCN3CCCCC3)c2/C=C/C1. The van der Waals surface area contributed by atoms with Crippen molar-refractivity contribution in [3.63, 3.8) is 0 Å². The molecule has 1 aromatic carbocycles. The number of nitrogens with zero attached hydrogens (tertiary/aromatic N) is 3. The Hall–Kier alpha value is -2.74. The largest absolute Gasteiger partial charge is 0.378 e. The highest BCUT2D eigenvalue weighted by Gasteiger charge is 2.17. The van der Waals surface area contributed by atoms with E-state index in [-0.39, 0.29) is 5.92 Å². The number of fused-ring (bicyclic) bond motifs is 1. The lowest BCUT2D eigenvalue weighted by Crippen LogP contribution is -2.31. The number of hydrogen-bond acceptors (Lipinski definition) is 7. The van der Waals surface area contributed by atoms with E-state index in [2.05, 4.69) is 45.1 Å². The number of benzene rings is 1. The van der Waals surface area contributed by atoms with Crippen molar-refractivity contribution in [1.29, 1.82) is 0 Å². The number of aromatic nitrogens is 2. The molecule has 0 aliphatic carbocycles. The second-order valence-corrected chi connectivity index (χ2v) is 9.13. The molecular weight excluding hydrogens is 424 g/mol. The Morgan fingerprint density at radius 3 is 2.76 bits per heavy atom. The Kier molecular flexibility index (Phi) is 9.07. The van der Waals surface area contributed by atoms with Crippen molar-refractivity contribution in [1.82, 2.24) is 20.2 Å². The summed E-state index contributed by atoms with van der Waals surface area (Å²) in [6.45, 7) is 4.44. The zero-order chi connectivity index (χ0) is 23.6. The molecule has 0 amide bonds. The van der Waals surface area contributed by atoms with Crippen molar-refractivity contribution in [2.45, 2.75) is 44.8 Å². The maximum absolute atomic E-state index is 10.3. The molecule has 4 N–H and O–H groups in total. The molecule has 1 fully saturated rings. The predicted molar refractivity (Wildman–Crippen MR) is 140 cm³/mol. The van der Waals surface area contributed by atoms with E-state index in [1.807, 2.05) is 30.5 Å². The third-order valence-corrected chi connectivity index (χ3v) is 6.55. The fourth-order valence-electron chi connectivity index (χ4n) is 4.59. The molecule has 3 heterocycles. The van der Waals surface area contributed by atoms with Crippen LogP contribution in [0.25, 0.3) is 6.08 Å². The highest BCUT2D eigenvalue weighted by molar-refractivity contribution is 5.74. The molecule has 2 aliphatic rings. The average Bonchev–Trinajstić information content (AvgIpc) is 2.98. The topological polar surface area (TPSA) is 85.3 Å². The summed E-state index contributed by atoms with van der Waals surface area (Å²) in [7, 11) is 1.77. The first kappa shape index (κ1) is 24.4. The van der Waals surface area contributed by atoms with Gasteiger partial charge in [0.05, 0.1) is 5.56 Å². The van der Waals surface area contributed by atoms with Gasteiger partial charge in [-0.2, -0.15) is 0 Å². The fourth-order valence-corrected chi connectivity index (χ4v) is 4.59. The number of allylic oxidation sites excluding steroid dienone is 1. The van der Waals surface area contributed by atoms with Crippen LogP contribution < -0.4 is 16.0 Å². The van der Waals surface area contributed by atoms with Crippen LogP contribution in [-0.2, 0) is 6.42 Å². The minimum absolute atomic E-state index is 0.0271. The van der Waals surface area contributed by atoms with Crippen LogP contribution in [0, 0.1) is 5.92 Å². The molecule has 0 radical (unpaired) electrons. The fraction of sp³-hybridized carbons (Fsp3) is 0.481. The summed E-state index contributed by atoms with van der Waals surface area (Å²) >= 11 is 0. The lowest BCUT2D eigenvalue weighted by molar-refractivity contribution is 0.104. The predicted octanol–water partition coefficient (Wildman–Crippen LogP) is 3.85. The Bertz CT molecular complexity index is 955. The van der Waals surface area contributed by atoms with E-state index in [9.17, 15) is 5.11 Å². The Balaban J connectivity index is 1.52. The maximum Gasteiger partial charge on any atom is 0.143 e. The Morgan fingerprint density at radius 1 is 1.15 bits per heavy atom. The van der Waals surface area contributed by atoms with Crippen LogP contribution in [0.15, 0.2) is 48.7 Å². The van der Waals surface area contributed by atoms with E-state index in [1.165, 1.54) is 37.9 Å². The summed E-state index contributed by atoms with van der Waals surface area (Å²) in [5, 5.41) is 20.1. The van der Waals surface area contributed by atoms with Crippen LogP contribution >= 0.6 is 0 Å². The summed E-state index contributed by atoms with van der Waals surface area (Å²) in [6.07, 6.45) is 13.9. The molecule has 0 bridgehead atoms. The van der Waals surface area contributed by atoms with E-state index in [0.29, 0.717) is 6.42 Å². The van der Waals surface area contributed by atoms with Crippen LogP contribution in [0.3, 0.4) is 0 Å². The van der Waals surface area contributed by atoms with Crippen molar-refractivity contribution in [3.05, 3.63) is 65.6 Å². The van der Waals surface area contributed by atoms with Gasteiger partial charge in [-0.25, -0.2) is 9.97 Å². The van der Waals surface area contributed by atoms with Crippen LogP contribution in [0.2, 0.25) is 0 Å². The number of piperidine rings is 1. The highest BCUT2D eigenvalue weighted by atomic mass is 16.3. The minimum atomic E-state index is -0.601. The molecule has 7 heteroatoms. The first-order valence-electron chi connectivity index (χ1n) is 12.6. The second kappa shape index (κ2) is 12.6. The van der Waals surface area contributed by atoms with Crippen molar-refractivity contribution >= 4 is 17.7 Å². The lowest BCUT2D eigenvalue weighted by atomic mass is 10.0. The van der Waals surface area contributed by atoms with Crippen LogP contribution in [0.1, 0.15) is 49.1 Å². The molecule has 0 spiro atoms. The number of aliphatic hydroxyl groups excluding tert-OH is 1. The molecule has 2 unspecified atom stereocenters. The molecule has 2 aliphatic heterocycles. The van der Waals surface area contributed by atoms with Crippen LogP contribution in [0.4, 0.5) is 11.6 Å². The van der Waals surface area contributed by atoms with Gasteiger partial charge in [-0.1, -0.05) is 55.0 Å². The molecule has 1 saturated heterocycles. The number of rotatable bonds is 9. The van der Waals surface area contributed by atoms with Gasteiger partial charge in [0.2, 0.25) is 0 Å². The molecule has 4 rings (SSSR count). The Morgan fingerprint density at radius 2 is 1.97 bits per heavy atom. The lowest BCUT2D eigenvalue weighted by Gasteiger charge is -2.26. The van der Waals surface area contributed by atoms with Gasteiger partial charge in [0.1, 0.15) is 23.7 Å². The molecule has 34 heavy (non-hydrogen) atoms. The molecule has 1 aromatic heterocycles.